The van der Waals surface area contributed by atoms with Crippen LogP contribution in [-0.4, -0.2) is 52.8 Å². The van der Waals surface area contributed by atoms with Crippen molar-refractivity contribution in [2.24, 2.45) is 0 Å². The third-order valence-electron chi connectivity index (χ3n) is 3.01. The standard InChI is InChI=1S/C13H14N2O4.C3H6O2/c1-14(6-7-16)13-12(19)11(18)8-15(13)9-2-4-10(17)5-3-9;1-2-5-3-4/h2-5,7-8,17-19H,6H2,1H3;3H,2H2,1H3. The lowest BCUT2D eigenvalue weighted by molar-refractivity contribution is -0.128. The molecular weight excluding hydrogens is 316 g/mol. The lowest BCUT2D eigenvalue weighted by atomic mass is 10.3. The summed E-state index contributed by atoms with van der Waals surface area (Å²) >= 11 is 0. The van der Waals surface area contributed by atoms with Crippen LogP contribution in [0, 0.1) is 0 Å². The number of phenolic OH excluding ortho intramolecular Hbond substituents is 1. The van der Waals surface area contributed by atoms with Crippen molar-refractivity contribution in [3.63, 3.8) is 0 Å². The fraction of sp³-hybridized carbons (Fsp3) is 0.250. The second-order valence-electron chi connectivity index (χ2n) is 4.67. The first-order valence-corrected chi connectivity index (χ1v) is 7.08. The average Bonchev–Trinajstić information content (AvgIpc) is 2.85. The first kappa shape index (κ1) is 18.9. The molecule has 0 unspecified atom stereocenters. The fourth-order valence-electron chi connectivity index (χ4n) is 1.91. The first-order valence-electron chi connectivity index (χ1n) is 7.08. The Morgan fingerprint density at radius 2 is 1.79 bits per heavy atom. The Balaban J connectivity index is 0.000000505. The summed E-state index contributed by atoms with van der Waals surface area (Å²) in [6.45, 7) is 2.74. The highest BCUT2D eigenvalue weighted by Gasteiger charge is 2.19. The molecule has 0 saturated heterocycles. The van der Waals surface area contributed by atoms with Gasteiger partial charge in [0, 0.05) is 12.7 Å². The number of phenols is 1. The summed E-state index contributed by atoms with van der Waals surface area (Å²) in [5.74, 6) is -0.152. The van der Waals surface area contributed by atoms with E-state index in [-0.39, 0.29) is 23.8 Å². The van der Waals surface area contributed by atoms with E-state index in [0.29, 0.717) is 30.9 Å². The van der Waals surface area contributed by atoms with Crippen molar-refractivity contribution in [3.8, 4) is 22.9 Å². The van der Waals surface area contributed by atoms with Gasteiger partial charge in [0.05, 0.1) is 19.3 Å². The van der Waals surface area contributed by atoms with Crippen LogP contribution < -0.4 is 4.90 Å². The Kier molecular flexibility index (Phi) is 7.15. The molecule has 0 radical (unpaired) electrons. The van der Waals surface area contributed by atoms with Crippen LogP contribution in [0.25, 0.3) is 5.69 Å². The van der Waals surface area contributed by atoms with Gasteiger partial charge in [-0.15, -0.1) is 0 Å². The minimum atomic E-state index is -0.294. The molecule has 0 aliphatic carbocycles. The normalized spacial score (nSPS) is 9.58. The summed E-state index contributed by atoms with van der Waals surface area (Å²) in [6, 6.07) is 6.25. The Morgan fingerprint density at radius 1 is 1.17 bits per heavy atom. The summed E-state index contributed by atoms with van der Waals surface area (Å²) < 4.78 is 5.69. The van der Waals surface area contributed by atoms with Gasteiger partial charge in [-0.25, -0.2) is 0 Å². The highest BCUT2D eigenvalue weighted by molar-refractivity contribution is 5.68. The molecule has 8 heteroatoms. The van der Waals surface area contributed by atoms with E-state index in [4.69, 9.17) is 0 Å². The summed E-state index contributed by atoms with van der Waals surface area (Å²) in [4.78, 5) is 21.3. The number of rotatable bonds is 6. The maximum Gasteiger partial charge on any atom is 0.293 e. The van der Waals surface area contributed by atoms with Gasteiger partial charge in [-0.1, -0.05) is 0 Å². The predicted octanol–water partition coefficient (Wildman–Crippen LogP) is 1.41. The van der Waals surface area contributed by atoms with Gasteiger partial charge in [0.1, 0.15) is 12.0 Å². The zero-order valence-corrected chi connectivity index (χ0v) is 13.4. The number of carbonyl (C=O) groups excluding carboxylic acids is 2. The van der Waals surface area contributed by atoms with E-state index < -0.39 is 0 Å². The van der Waals surface area contributed by atoms with Gasteiger partial charge < -0.3 is 29.8 Å². The SMILES string of the molecule is CCOC=O.CN(CC=O)c1c(O)c(O)cn1-c1ccc(O)cc1. The van der Waals surface area contributed by atoms with Gasteiger partial charge in [-0.2, -0.15) is 0 Å². The molecule has 2 rings (SSSR count). The molecule has 8 nitrogen and oxygen atoms in total. The molecule has 24 heavy (non-hydrogen) atoms. The molecule has 0 atom stereocenters. The Bertz CT molecular complexity index is 666. The van der Waals surface area contributed by atoms with Crippen LogP contribution in [0.2, 0.25) is 0 Å². The third kappa shape index (κ3) is 4.67. The molecule has 2 aromatic rings. The number of anilines is 1. The number of hydrogen-bond donors (Lipinski definition) is 3. The van der Waals surface area contributed by atoms with Crippen molar-refractivity contribution in [2.75, 3.05) is 25.1 Å². The largest absolute Gasteiger partial charge is 0.508 e. The summed E-state index contributed by atoms with van der Waals surface area (Å²) in [5, 5.41) is 28.7. The summed E-state index contributed by atoms with van der Waals surface area (Å²) in [5.41, 5.74) is 0.640. The van der Waals surface area contributed by atoms with Crippen LogP contribution in [0.15, 0.2) is 30.5 Å². The van der Waals surface area contributed by atoms with E-state index in [1.165, 1.54) is 27.8 Å². The van der Waals surface area contributed by atoms with Crippen molar-refractivity contribution in [2.45, 2.75) is 6.92 Å². The van der Waals surface area contributed by atoms with Crippen LogP contribution in [0.5, 0.6) is 17.2 Å². The van der Waals surface area contributed by atoms with Gasteiger partial charge in [0.2, 0.25) is 5.75 Å². The second kappa shape index (κ2) is 9.09. The zero-order valence-electron chi connectivity index (χ0n) is 13.4. The van der Waals surface area contributed by atoms with Crippen LogP contribution in [0.3, 0.4) is 0 Å². The first-order chi connectivity index (χ1) is 11.5. The van der Waals surface area contributed by atoms with Crippen LogP contribution in [0.1, 0.15) is 6.92 Å². The number of aromatic hydroxyl groups is 3. The lowest BCUT2D eigenvalue weighted by Gasteiger charge is -2.19. The molecule has 0 aliphatic rings. The number of hydrogen-bond acceptors (Lipinski definition) is 7. The van der Waals surface area contributed by atoms with Gasteiger partial charge in [-0.3, -0.25) is 9.36 Å². The molecule has 0 spiro atoms. The van der Waals surface area contributed by atoms with Gasteiger partial charge in [0.15, 0.2) is 11.6 Å². The molecule has 1 heterocycles. The highest BCUT2D eigenvalue weighted by Crippen LogP contribution is 2.39. The molecule has 0 aliphatic heterocycles. The maximum absolute atomic E-state index is 10.6. The molecular formula is C16H20N2O6. The molecule has 0 fully saturated rings. The molecule has 1 aromatic heterocycles. The average molecular weight is 336 g/mol. The minimum Gasteiger partial charge on any atom is -0.508 e. The van der Waals surface area contributed by atoms with E-state index in [1.54, 1.807) is 26.1 Å². The quantitative estimate of drug-likeness (QED) is 0.684. The highest BCUT2D eigenvalue weighted by atomic mass is 16.5. The fourth-order valence-corrected chi connectivity index (χ4v) is 1.91. The molecule has 0 amide bonds. The third-order valence-corrected chi connectivity index (χ3v) is 3.01. The zero-order chi connectivity index (χ0) is 18.1. The number of benzene rings is 1. The molecule has 0 saturated carbocycles. The summed E-state index contributed by atoms with van der Waals surface area (Å²) in [6.07, 6.45) is 2.04. The van der Waals surface area contributed by atoms with Gasteiger partial charge in [0.25, 0.3) is 6.47 Å². The van der Waals surface area contributed by atoms with Crippen LogP contribution >= 0.6 is 0 Å². The van der Waals surface area contributed by atoms with E-state index in [9.17, 15) is 24.9 Å². The molecule has 0 bridgehead atoms. The number of likely N-dealkylation sites (N-methyl/N-ethyl adjacent to an activating group) is 1. The van der Waals surface area contributed by atoms with Crippen molar-refractivity contribution in [1.82, 2.24) is 4.57 Å². The van der Waals surface area contributed by atoms with Crippen molar-refractivity contribution < 1.29 is 29.6 Å². The lowest BCUT2D eigenvalue weighted by Crippen LogP contribution is -2.22. The van der Waals surface area contributed by atoms with E-state index in [1.807, 2.05) is 0 Å². The van der Waals surface area contributed by atoms with Crippen molar-refractivity contribution in [3.05, 3.63) is 30.5 Å². The smallest absolute Gasteiger partial charge is 0.293 e. The number of aldehydes is 1. The number of ether oxygens (including phenoxy) is 1. The number of aromatic nitrogens is 1. The second-order valence-corrected chi connectivity index (χ2v) is 4.67. The maximum atomic E-state index is 10.6. The minimum absolute atomic E-state index is 0.0785. The topological polar surface area (TPSA) is 112 Å². The van der Waals surface area contributed by atoms with Crippen LogP contribution in [0.4, 0.5) is 5.82 Å². The predicted molar refractivity (Wildman–Crippen MR) is 87.8 cm³/mol. The van der Waals surface area contributed by atoms with Gasteiger partial charge in [-0.05, 0) is 31.2 Å². The van der Waals surface area contributed by atoms with Crippen molar-refractivity contribution in [1.29, 1.82) is 0 Å². The van der Waals surface area contributed by atoms with Gasteiger partial charge >= 0.3 is 0 Å². The van der Waals surface area contributed by atoms with Crippen molar-refractivity contribution >= 4 is 18.6 Å². The van der Waals surface area contributed by atoms with E-state index >= 15 is 0 Å². The molecule has 1 aromatic carbocycles. The molecule has 3 N–H and O–H groups in total. The Morgan fingerprint density at radius 3 is 2.25 bits per heavy atom. The van der Waals surface area contributed by atoms with Crippen LogP contribution in [-0.2, 0) is 14.3 Å². The Hall–Kier alpha value is -3.16. The summed E-state index contributed by atoms with van der Waals surface area (Å²) in [7, 11) is 1.62. The van der Waals surface area contributed by atoms with E-state index in [2.05, 4.69) is 4.74 Å². The Labute approximate surface area is 139 Å². The number of carbonyl (C=O) groups is 2. The monoisotopic (exact) mass is 336 g/mol. The molecule has 130 valence electrons. The van der Waals surface area contributed by atoms with E-state index in [0.717, 1.165) is 0 Å². The number of nitrogens with zero attached hydrogens (tertiary/aromatic N) is 2.